The van der Waals surface area contributed by atoms with Gasteiger partial charge in [0.1, 0.15) is 5.75 Å². The summed E-state index contributed by atoms with van der Waals surface area (Å²) in [4.78, 5) is 14.7. The van der Waals surface area contributed by atoms with Gasteiger partial charge in [0.05, 0.1) is 30.9 Å². The van der Waals surface area contributed by atoms with Crippen molar-refractivity contribution in [2.45, 2.75) is 4.90 Å². The van der Waals surface area contributed by atoms with Gasteiger partial charge in [0.2, 0.25) is 0 Å². The average Bonchev–Trinajstić information content (AvgIpc) is 2.80. The van der Waals surface area contributed by atoms with Crippen LogP contribution in [0.5, 0.6) is 17.2 Å². The number of esters is 1. The van der Waals surface area contributed by atoms with Crippen LogP contribution in [0.1, 0.15) is 15.9 Å². The summed E-state index contributed by atoms with van der Waals surface area (Å²) in [7, 11) is -0.803. The maximum Gasteiger partial charge on any atom is 0.343 e. The topological polar surface area (TPSA) is 103 Å². The largest absolute Gasteiger partial charge is 0.497 e. The number of ether oxygens (including phenoxy) is 3. The lowest BCUT2D eigenvalue weighted by molar-refractivity contribution is 0.0729. The SMILES string of the molecule is COc1ccc(C(=O)Oc2cc(/C=N/NS(=O)(=O)c3ccccc3)ccc2OC)cc1. The Bertz CT molecular complexity index is 1180. The molecule has 160 valence electrons. The molecule has 0 aliphatic heterocycles. The van der Waals surface area contributed by atoms with E-state index in [1.165, 1.54) is 38.6 Å². The predicted octanol–water partition coefficient (Wildman–Crippen LogP) is 3.24. The molecule has 0 aromatic heterocycles. The highest BCUT2D eigenvalue weighted by Gasteiger charge is 2.14. The molecule has 0 aliphatic carbocycles. The van der Waals surface area contributed by atoms with E-state index in [1.807, 2.05) is 0 Å². The number of hydrogen-bond donors (Lipinski definition) is 1. The van der Waals surface area contributed by atoms with Crippen LogP contribution in [0, 0.1) is 0 Å². The minimum atomic E-state index is -3.78. The number of carbonyl (C=O) groups excluding carboxylic acids is 1. The molecular weight excluding hydrogens is 420 g/mol. The molecule has 3 aromatic rings. The second-order valence-electron chi connectivity index (χ2n) is 6.19. The van der Waals surface area contributed by atoms with E-state index in [9.17, 15) is 13.2 Å². The fourth-order valence-corrected chi connectivity index (χ4v) is 3.37. The van der Waals surface area contributed by atoms with Gasteiger partial charge >= 0.3 is 5.97 Å². The molecule has 0 saturated carbocycles. The molecule has 0 heterocycles. The second-order valence-corrected chi connectivity index (χ2v) is 7.86. The molecule has 3 rings (SSSR count). The molecule has 8 nitrogen and oxygen atoms in total. The summed E-state index contributed by atoms with van der Waals surface area (Å²) in [6.45, 7) is 0. The Morgan fingerprint density at radius 3 is 2.26 bits per heavy atom. The van der Waals surface area contributed by atoms with Gasteiger partial charge in [0, 0.05) is 0 Å². The molecule has 0 bridgehead atoms. The number of carbonyl (C=O) groups is 1. The third-order valence-corrected chi connectivity index (χ3v) is 5.39. The van der Waals surface area contributed by atoms with Crippen molar-refractivity contribution in [3.63, 3.8) is 0 Å². The van der Waals surface area contributed by atoms with Gasteiger partial charge in [0.15, 0.2) is 11.5 Å². The molecule has 0 amide bonds. The van der Waals surface area contributed by atoms with Crippen LogP contribution >= 0.6 is 0 Å². The van der Waals surface area contributed by atoms with E-state index in [1.54, 1.807) is 54.6 Å². The number of benzene rings is 3. The minimum absolute atomic E-state index is 0.0935. The number of sulfonamides is 1. The van der Waals surface area contributed by atoms with Crippen molar-refractivity contribution in [3.05, 3.63) is 83.9 Å². The Labute approximate surface area is 180 Å². The van der Waals surface area contributed by atoms with Crippen molar-refractivity contribution < 1.29 is 27.4 Å². The van der Waals surface area contributed by atoms with Gasteiger partial charge in [-0.2, -0.15) is 13.5 Å². The molecule has 0 fully saturated rings. The van der Waals surface area contributed by atoms with Crippen LogP contribution in [0.25, 0.3) is 0 Å². The van der Waals surface area contributed by atoms with Crippen LogP contribution in [0.15, 0.2) is 82.8 Å². The van der Waals surface area contributed by atoms with Crippen LogP contribution in [0.2, 0.25) is 0 Å². The quantitative estimate of drug-likeness (QED) is 0.250. The van der Waals surface area contributed by atoms with Gasteiger partial charge in [0.25, 0.3) is 10.0 Å². The Morgan fingerprint density at radius 2 is 1.61 bits per heavy atom. The number of rotatable bonds is 8. The molecule has 9 heteroatoms. The van der Waals surface area contributed by atoms with E-state index in [0.29, 0.717) is 22.6 Å². The van der Waals surface area contributed by atoms with Crippen molar-refractivity contribution in [1.29, 1.82) is 0 Å². The van der Waals surface area contributed by atoms with Gasteiger partial charge in [-0.25, -0.2) is 9.63 Å². The van der Waals surface area contributed by atoms with Crippen LogP contribution < -0.4 is 19.0 Å². The molecule has 1 N–H and O–H groups in total. The summed E-state index contributed by atoms with van der Waals surface area (Å²) < 4.78 is 40.2. The Kier molecular flexibility index (Phi) is 6.88. The Hall–Kier alpha value is -3.85. The second kappa shape index (κ2) is 9.77. The lowest BCUT2D eigenvalue weighted by Gasteiger charge is -2.10. The fraction of sp³-hybridized carbons (Fsp3) is 0.0909. The normalized spacial score (nSPS) is 11.2. The van der Waals surface area contributed by atoms with Gasteiger partial charge in [-0.3, -0.25) is 0 Å². The first-order valence-electron chi connectivity index (χ1n) is 9.07. The number of nitrogens with one attached hydrogen (secondary N) is 1. The predicted molar refractivity (Wildman–Crippen MR) is 115 cm³/mol. The Morgan fingerprint density at radius 1 is 0.903 bits per heavy atom. The van der Waals surface area contributed by atoms with E-state index in [2.05, 4.69) is 9.93 Å². The van der Waals surface area contributed by atoms with Crippen molar-refractivity contribution in [1.82, 2.24) is 4.83 Å². The molecule has 0 saturated heterocycles. The molecule has 0 atom stereocenters. The summed E-state index contributed by atoms with van der Waals surface area (Å²) >= 11 is 0. The van der Waals surface area contributed by atoms with E-state index < -0.39 is 16.0 Å². The first kappa shape index (κ1) is 21.8. The number of hydrogen-bond acceptors (Lipinski definition) is 7. The maximum atomic E-state index is 12.5. The molecule has 3 aromatic carbocycles. The van der Waals surface area contributed by atoms with E-state index >= 15 is 0 Å². The molecule has 31 heavy (non-hydrogen) atoms. The Balaban J connectivity index is 1.75. The summed E-state index contributed by atoms with van der Waals surface area (Å²) in [5.41, 5.74) is 0.826. The summed E-state index contributed by atoms with van der Waals surface area (Å²) in [5.74, 6) is 0.534. The third kappa shape index (κ3) is 5.61. The summed E-state index contributed by atoms with van der Waals surface area (Å²) in [5, 5.41) is 3.78. The monoisotopic (exact) mass is 440 g/mol. The van der Waals surface area contributed by atoms with E-state index in [-0.39, 0.29) is 10.6 Å². The first-order chi connectivity index (χ1) is 14.9. The third-order valence-electron chi connectivity index (χ3n) is 4.16. The highest BCUT2D eigenvalue weighted by atomic mass is 32.2. The minimum Gasteiger partial charge on any atom is -0.497 e. The van der Waals surface area contributed by atoms with Gasteiger partial charge in [-0.15, -0.1) is 0 Å². The maximum absolute atomic E-state index is 12.5. The van der Waals surface area contributed by atoms with Gasteiger partial charge in [-0.05, 0) is 60.2 Å². The zero-order chi connectivity index (χ0) is 22.3. The highest BCUT2D eigenvalue weighted by Crippen LogP contribution is 2.28. The lowest BCUT2D eigenvalue weighted by atomic mass is 10.2. The standard InChI is InChI=1S/C22H20N2O6S/c1-28-18-11-9-17(10-12-18)22(25)30-21-14-16(8-13-20(21)29-2)15-23-24-31(26,27)19-6-4-3-5-7-19/h3-15,24H,1-2H3/b23-15+. The summed E-state index contributed by atoms with van der Waals surface area (Å²) in [6.07, 6.45) is 1.30. The van der Waals surface area contributed by atoms with Crippen molar-refractivity contribution in [3.8, 4) is 17.2 Å². The van der Waals surface area contributed by atoms with Crippen molar-refractivity contribution >= 4 is 22.2 Å². The molecule has 0 spiro atoms. The molecular formula is C22H20N2O6S. The van der Waals surface area contributed by atoms with Crippen LogP contribution in [-0.2, 0) is 10.0 Å². The molecule has 0 aliphatic rings. The van der Waals surface area contributed by atoms with Crippen molar-refractivity contribution in [2.75, 3.05) is 14.2 Å². The van der Waals surface area contributed by atoms with Gasteiger partial charge in [-0.1, -0.05) is 18.2 Å². The lowest BCUT2D eigenvalue weighted by Crippen LogP contribution is -2.18. The van der Waals surface area contributed by atoms with Crippen LogP contribution in [-0.4, -0.2) is 34.8 Å². The average molecular weight is 440 g/mol. The zero-order valence-corrected chi connectivity index (χ0v) is 17.6. The van der Waals surface area contributed by atoms with E-state index in [0.717, 1.165) is 0 Å². The molecule has 0 unspecified atom stereocenters. The van der Waals surface area contributed by atoms with Crippen molar-refractivity contribution in [2.24, 2.45) is 5.10 Å². The number of methoxy groups -OCH3 is 2. The smallest absolute Gasteiger partial charge is 0.343 e. The first-order valence-corrected chi connectivity index (χ1v) is 10.6. The van der Waals surface area contributed by atoms with E-state index in [4.69, 9.17) is 14.2 Å². The summed E-state index contributed by atoms with van der Waals surface area (Å²) in [6, 6.07) is 19.1. The highest BCUT2D eigenvalue weighted by molar-refractivity contribution is 7.89. The van der Waals surface area contributed by atoms with Gasteiger partial charge < -0.3 is 14.2 Å². The van der Waals surface area contributed by atoms with Crippen LogP contribution in [0.4, 0.5) is 0 Å². The van der Waals surface area contributed by atoms with Crippen LogP contribution in [0.3, 0.4) is 0 Å². The number of nitrogens with zero attached hydrogens (tertiary/aromatic N) is 1. The fourth-order valence-electron chi connectivity index (χ4n) is 2.56. The number of hydrazone groups is 1. The zero-order valence-electron chi connectivity index (χ0n) is 16.8. The molecule has 0 radical (unpaired) electrons.